The SMILES string of the molecule is CC(O)(CCCC(F)(F)F)c1cccc(F)c1F. The summed E-state index contributed by atoms with van der Waals surface area (Å²) in [6.07, 6.45) is -6.05. The Kier molecular flexibility index (Phi) is 4.32. The monoisotopic (exact) mass is 268 g/mol. The Hall–Kier alpha value is -1.17. The predicted molar refractivity (Wildman–Crippen MR) is 55.8 cm³/mol. The molecule has 0 saturated heterocycles. The number of hydrogen-bond donors (Lipinski definition) is 1. The highest BCUT2D eigenvalue weighted by Crippen LogP contribution is 2.32. The lowest BCUT2D eigenvalue weighted by atomic mass is 9.90. The molecule has 1 aromatic carbocycles. The highest BCUT2D eigenvalue weighted by molar-refractivity contribution is 5.24. The van der Waals surface area contributed by atoms with E-state index < -0.39 is 29.8 Å². The minimum Gasteiger partial charge on any atom is -0.385 e. The third-order valence-electron chi connectivity index (χ3n) is 2.66. The molecule has 1 unspecified atom stereocenters. The van der Waals surface area contributed by atoms with Gasteiger partial charge in [-0.3, -0.25) is 0 Å². The second-order valence-corrected chi connectivity index (χ2v) is 4.34. The van der Waals surface area contributed by atoms with Crippen molar-refractivity contribution in [2.75, 3.05) is 0 Å². The molecule has 102 valence electrons. The standard InChI is InChI=1S/C12H13F5O/c1-11(18,6-3-7-12(15,16)17)8-4-2-5-9(13)10(8)14/h2,4-5,18H,3,6-7H2,1H3. The lowest BCUT2D eigenvalue weighted by Crippen LogP contribution is -2.24. The van der Waals surface area contributed by atoms with Crippen LogP contribution in [0.3, 0.4) is 0 Å². The molecule has 0 aromatic heterocycles. The highest BCUT2D eigenvalue weighted by Gasteiger charge is 2.31. The van der Waals surface area contributed by atoms with Gasteiger partial charge in [0.05, 0.1) is 5.60 Å². The molecule has 0 fully saturated rings. The molecule has 1 rings (SSSR count). The zero-order valence-corrected chi connectivity index (χ0v) is 9.69. The van der Waals surface area contributed by atoms with Gasteiger partial charge in [-0.15, -0.1) is 0 Å². The van der Waals surface area contributed by atoms with E-state index in [9.17, 15) is 27.1 Å². The van der Waals surface area contributed by atoms with Gasteiger partial charge in [-0.2, -0.15) is 13.2 Å². The Morgan fingerprint density at radius 1 is 1.11 bits per heavy atom. The van der Waals surface area contributed by atoms with Gasteiger partial charge in [-0.05, 0) is 25.8 Å². The first-order valence-electron chi connectivity index (χ1n) is 5.37. The van der Waals surface area contributed by atoms with Gasteiger partial charge in [-0.1, -0.05) is 12.1 Å². The van der Waals surface area contributed by atoms with E-state index in [1.165, 1.54) is 13.0 Å². The van der Waals surface area contributed by atoms with Crippen LogP contribution in [-0.4, -0.2) is 11.3 Å². The lowest BCUT2D eigenvalue weighted by molar-refractivity contribution is -0.137. The Morgan fingerprint density at radius 2 is 1.72 bits per heavy atom. The van der Waals surface area contributed by atoms with Gasteiger partial charge >= 0.3 is 6.18 Å². The van der Waals surface area contributed by atoms with Gasteiger partial charge in [0.25, 0.3) is 0 Å². The number of halogens is 5. The van der Waals surface area contributed by atoms with E-state index in [0.717, 1.165) is 12.1 Å². The van der Waals surface area contributed by atoms with Crippen LogP contribution in [0.25, 0.3) is 0 Å². The molecule has 18 heavy (non-hydrogen) atoms. The van der Waals surface area contributed by atoms with Gasteiger partial charge in [-0.25, -0.2) is 8.78 Å². The molecule has 0 saturated carbocycles. The molecule has 1 aromatic rings. The Balaban J connectivity index is 2.77. The molecule has 1 N–H and O–H groups in total. The van der Waals surface area contributed by atoms with Crippen LogP contribution in [-0.2, 0) is 5.60 Å². The number of aliphatic hydroxyl groups is 1. The topological polar surface area (TPSA) is 20.2 Å². The van der Waals surface area contributed by atoms with Crippen molar-refractivity contribution in [3.8, 4) is 0 Å². The summed E-state index contributed by atoms with van der Waals surface area (Å²) in [5.41, 5.74) is -2.15. The van der Waals surface area contributed by atoms with Crippen LogP contribution in [0.4, 0.5) is 22.0 Å². The third-order valence-corrected chi connectivity index (χ3v) is 2.66. The molecule has 0 aliphatic rings. The maximum absolute atomic E-state index is 13.4. The van der Waals surface area contributed by atoms with Crippen molar-refractivity contribution in [2.45, 2.75) is 38.0 Å². The minimum atomic E-state index is -4.32. The van der Waals surface area contributed by atoms with E-state index >= 15 is 0 Å². The van der Waals surface area contributed by atoms with Crippen molar-refractivity contribution in [2.24, 2.45) is 0 Å². The van der Waals surface area contributed by atoms with Crippen LogP contribution in [0.1, 0.15) is 31.7 Å². The average molecular weight is 268 g/mol. The fourth-order valence-electron chi connectivity index (χ4n) is 1.69. The number of alkyl halides is 3. The van der Waals surface area contributed by atoms with Crippen molar-refractivity contribution in [3.05, 3.63) is 35.4 Å². The van der Waals surface area contributed by atoms with Crippen molar-refractivity contribution < 1.29 is 27.1 Å². The summed E-state index contributed by atoms with van der Waals surface area (Å²) in [5.74, 6) is -2.36. The average Bonchev–Trinajstić information content (AvgIpc) is 2.19. The highest BCUT2D eigenvalue weighted by atomic mass is 19.4. The molecule has 0 spiro atoms. The molecular formula is C12H13F5O. The van der Waals surface area contributed by atoms with Crippen molar-refractivity contribution in [3.63, 3.8) is 0 Å². The first kappa shape index (κ1) is 14.9. The van der Waals surface area contributed by atoms with Gasteiger partial charge in [0.1, 0.15) is 0 Å². The zero-order chi connectivity index (χ0) is 14.0. The second kappa shape index (κ2) is 5.22. The molecule has 0 aliphatic carbocycles. The van der Waals surface area contributed by atoms with Gasteiger partial charge in [0, 0.05) is 12.0 Å². The van der Waals surface area contributed by atoms with E-state index in [1.54, 1.807) is 0 Å². The zero-order valence-electron chi connectivity index (χ0n) is 9.69. The van der Waals surface area contributed by atoms with Crippen molar-refractivity contribution >= 4 is 0 Å². The fraction of sp³-hybridized carbons (Fsp3) is 0.500. The number of rotatable bonds is 4. The van der Waals surface area contributed by atoms with Crippen LogP contribution < -0.4 is 0 Å². The summed E-state index contributed by atoms with van der Waals surface area (Å²) < 4.78 is 62.2. The quantitative estimate of drug-likeness (QED) is 0.821. The van der Waals surface area contributed by atoms with E-state index in [2.05, 4.69) is 0 Å². The smallest absolute Gasteiger partial charge is 0.385 e. The van der Waals surface area contributed by atoms with E-state index in [0.29, 0.717) is 0 Å². The van der Waals surface area contributed by atoms with Gasteiger partial charge in [0.15, 0.2) is 11.6 Å². The summed E-state index contributed by atoms with van der Waals surface area (Å²) in [6, 6.07) is 3.24. The summed E-state index contributed by atoms with van der Waals surface area (Å²) in [6.45, 7) is 1.17. The normalized spacial score (nSPS) is 15.5. The Bertz CT molecular complexity index is 411. The first-order valence-corrected chi connectivity index (χ1v) is 5.37. The summed E-state index contributed by atoms with van der Waals surface area (Å²) in [5, 5.41) is 9.91. The van der Waals surface area contributed by atoms with Crippen LogP contribution >= 0.6 is 0 Å². The van der Waals surface area contributed by atoms with Crippen molar-refractivity contribution in [1.82, 2.24) is 0 Å². The fourth-order valence-corrected chi connectivity index (χ4v) is 1.69. The van der Waals surface area contributed by atoms with Crippen LogP contribution in [0.15, 0.2) is 18.2 Å². The van der Waals surface area contributed by atoms with Crippen LogP contribution in [0.5, 0.6) is 0 Å². The van der Waals surface area contributed by atoms with Gasteiger partial charge in [0.2, 0.25) is 0 Å². The van der Waals surface area contributed by atoms with E-state index in [-0.39, 0.29) is 18.4 Å². The van der Waals surface area contributed by atoms with Crippen molar-refractivity contribution in [1.29, 1.82) is 0 Å². The van der Waals surface area contributed by atoms with E-state index in [1.807, 2.05) is 0 Å². The lowest BCUT2D eigenvalue weighted by Gasteiger charge is -2.24. The van der Waals surface area contributed by atoms with E-state index in [4.69, 9.17) is 0 Å². The minimum absolute atomic E-state index is 0.299. The molecular weight excluding hydrogens is 255 g/mol. The maximum Gasteiger partial charge on any atom is 0.389 e. The Morgan fingerprint density at radius 3 is 2.28 bits per heavy atom. The number of benzene rings is 1. The van der Waals surface area contributed by atoms with Gasteiger partial charge < -0.3 is 5.11 Å². The molecule has 0 amide bonds. The molecule has 0 radical (unpaired) electrons. The largest absolute Gasteiger partial charge is 0.389 e. The molecule has 1 nitrogen and oxygen atoms in total. The molecule has 0 aliphatic heterocycles. The maximum atomic E-state index is 13.4. The summed E-state index contributed by atoms with van der Waals surface area (Å²) >= 11 is 0. The first-order chi connectivity index (χ1) is 8.13. The third kappa shape index (κ3) is 3.94. The molecule has 0 bridgehead atoms. The van der Waals surface area contributed by atoms with Crippen LogP contribution in [0, 0.1) is 11.6 Å². The summed E-state index contributed by atoms with van der Waals surface area (Å²) in [7, 11) is 0. The molecule has 0 heterocycles. The second-order valence-electron chi connectivity index (χ2n) is 4.34. The Labute approximate surface area is 101 Å². The molecule has 6 heteroatoms. The molecule has 1 atom stereocenters. The predicted octanol–water partition coefficient (Wildman–Crippen LogP) is 3.90. The number of hydrogen-bond acceptors (Lipinski definition) is 1. The summed E-state index contributed by atoms with van der Waals surface area (Å²) in [4.78, 5) is 0. The van der Waals surface area contributed by atoms with Crippen LogP contribution in [0.2, 0.25) is 0 Å².